The minimum absolute atomic E-state index is 0.247. The van der Waals surface area contributed by atoms with Crippen molar-refractivity contribution in [3.63, 3.8) is 0 Å². The lowest BCUT2D eigenvalue weighted by Crippen LogP contribution is -2.14. The molecule has 0 fully saturated rings. The van der Waals surface area contributed by atoms with Crippen LogP contribution in [-0.2, 0) is 0 Å². The van der Waals surface area contributed by atoms with Gasteiger partial charge in [0.1, 0.15) is 0 Å². The van der Waals surface area contributed by atoms with E-state index < -0.39 is 0 Å². The first-order chi connectivity index (χ1) is 8.15. The molecule has 1 N–H and O–H groups in total. The number of aryl methyl sites for hydroxylation is 2. The summed E-state index contributed by atoms with van der Waals surface area (Å²) in [4.78, 5) is 11.8. The second kappa shape index (κ2) is 4.74. The molecule has 4 nitrogen and oxygen atoms in total. The van der Waals surface area contributed by atoms with Crippen molar-refractivity contribution >= 4 is 11.6 Å². The molecule has 0 spiro atoms. The van der Waals surface area contributed by atoms with E-state index >= 15 is 0 Å². The lowest BCUT2D eigenvalue weighted by atomic mass is 10.2. The van der Waals surface area contributed by atoms with Gasteiger partial charge in [-0.15, -0.1) is 5.10 Å². The van der Waals surface area contributed by atoms with E-state index in [1.54, 1.807) is 12.1 Å². The Kier molecular flexibility index (Phi) is 3.14. The van der Waals surface area contributed by atoms with Crippen LogP contribution in [0.3, 0.4) is 0 Å². The Morgan fingerprint density at radius 3 is 2.59 bits per heavy atom. The summed E-state index contributed by atoms with van der Waals surface area (Å²) < 4.78 is 0. The van der Waals surface area contributed by atoms with Crippen LogP contribution in [0.15, 0.2) is 36.4 Å². The van der Waals surface area contributed by atoms with Crippen LogP contribution in [0.5, 0.6) is 0 Å². The summed E-state index contributed by atoms with van der Waals surface area (Å²) in [5, 5.41) is 10.5. The topological polar surface area (TPSA) is 54.9 Å². The van der Waals surface area contributed by atoms with Gasteiger partial charge in [-0.3, -0.25) is 4.79 Å². The fourth-order valence-corrected chi connectivity index (χ4v) is 1.44. The zero-order valence-electron chi connectivity index (χ0n) is 9.77. The van der Waals surface area contributed by atoms with E-state index in [0.717, 1.165) is 16.9 Å². The third-order valence-corrected chi connectivity index (χ3v) is 2.31. The molecule has 4 heteroatoms. The number of benzene rings is 1. The number of aromatic nitrogens is 2. The molecule has 0 radical (unpaired) electrons. The summed E-state index contributed by atoms with van der Waals surface area (Å²) in [6.07, 6.45) is 0. The number of rotatable bonds is 2. The standard InChI is InChI=1S/C13H13N3O/c1-9-4-3-5-11(8-9)14-13(17)12-7-6-10(2)15-16-12/h3-8H,1-2H3,(H,14,17). The SMILES string of the molecule is Cc1cccc(NC(=O)c2ccc(C)nn2)c1. The van der Waals surface area contributed by atoms with Crippen LogP contribution >= 0.6 is 0 Å². The Labute approximate surface area is 99.7 Å². The molecule has 0 saturated heterocycles. The third-order valence-electron chi connectivity index (χ3n) is 2.31. The molecular weight excluding hydrogens is 214 g/mol. The molecule has 1 amide bonds. The predicted molar refractivity (Wildman–Crippen MR) is 65.9 cm³/mol. The fraction of sp³-hybridized carbons (Fsp3) is 0.154. The highest BCUT2D eigenvalue weighted by atomic mass is 16.1. The lowest BCUT2D eigenvalue weighted by molar-refractivity contribution is 0.102. The van der Waals surface area contributed by atoms with Gasteiger partial charge in [0.15, 0.2) is 5.69 Å². The summed E-state index contributed by atoms with van der Waals surface area (Å²) in [6, 6.07) is 11.0. The van der Waals surface area contributed by atoms with Crippen LogP contribution in [0.4, 0.5) is 5.69 Å². The lowest BCUT2D eigenvalue weighted by Gasteiger charge is -2.04. The molecule has 86 valence electrons. The second-order valence-electron chi connectivity index (χ2n) is 3.88. The van der Waals surface area contributed by atoms with E-state index in [1.165, 1.54) is 0 Å². The number of hydrogen-bond acceptors (Lipinski definition) is 3. The molecule has 2 aromatic rings. The van der Waals surface area contributed by atoms with Crippen molar-refractivity contribution in [1.29, 1.82) is 0 Å². The van der Waals surface area contributed by atoms with E-state index in [0.29, 0.717) is 5.69 Å². The highest BCUT2D eigenvalue weighted by molar-refractivity contribution is 6.02. The average Bonchev–Trinajstić information content (AvgIpc) is 2.29. The number of nitrogens with one attached hydrogen (secondary N) is 1. The number of nitrogens with zero attached hydrogens (tertiary/aromatic N) is 2. The molecule has 0 aliphatic rings. The summed E-state index contributed by atoms with van der Waals surface area (Å²) in [5.74, 6) is -0.247. The molecular formula is C13H13N3O. The van der Waals surface area contributed by atoms with E-state index in [2.05, 4.69) is 15.5 Å². The van der Waals surface area contributed by atoms with Gasteiger partial charge in [-0.05, 0) is 43.7 Å². The van der Waals surface area contributed by atoms with Gasteiger partial charge in [0.05, 0.1) is 5.69 Å². The number of anilines is 1. The number of carbonyl (C=O) groups is 1. The molecule has 0 atom stereocenters. The van der Waals surface area contributed by atoms with Crippen molar-refractivity contribution in [1.82, 2.24) is 10.2 Å². The first-order valence-corrected chi connectivity index (χ1v) is 5.33. The van der Waals surface area contributed by atoms with E-state index in [4.69, 9.17) is 0 Å². The van der Waals surface area contributed by atoms with Crippen LogP contribution in [-0.4, -0.2) is 16.1 Å². The Morgan fingerprint density at radius 1 is 1.12 bits per heavy atom. The van der Waals surface area contributed by atoms with Gasteiger partial charge in [-0.2, -0.15) is 5.10 Å². The van der Waals surface area contributed by atoms with Crippen LogP contribution in [0, 0.1) is 13.8 Å². The maximum absolute atomic E-state index is 11.8. The Bertz CT molecular complexity index is 535. The minimum atomic E-state index is -0.247. The number of carbonyl (C=O) groups excluding carboxylic acids is 1. The number of amides is 1. The van der Waals surface area contributed by atoms with Crippen molar-refractivity contribution in [2.75, 3.05) is 5.32 Å². The summed E-state index contributed by atoms with van der Waals surface area (Å²) in [6.45, 7) is 3.80. The zero-order chi connectivity index (χ0) is 12.3. The van der Waals surface area contributed by atoms with Crippen molar-refractivity contribution in [2.45, 2.75) is 13.8 Å². The van der Waals surface area contributed by atoms with Gasteiger partial charge in [-0.1, -0.05) is 12.1 Å². The van der Waals surface area contributed by atoms with Crippen molar-refractivity contribution < 1.29 is 4.79 Å². The van der Waals surface area contributed by atoms with Gasteiger partial charge < -0.3 is 5.32 Å². The van der Waals surface area contributed by atoms with Crippen LogP contribution < -0.4 is 5.32 Å². The third kappa shape index (κ3) is 2.87. The number of hydrogen-bond donors (Lipinski definition) is 1. The first-order valence-electron chi connectivity index (χ1n) is 5.33. The highest BCUT2D eigenvalue weighted by Crippen LogP contribution is 2.10. The summed E-state index contributed by atoms with van der Waals surface area (Å²) >= 11 is 0. The summed E-state index contributed by atoms with van der Waals surface area (Å²) in [7, 11) is 0. The zero-order valence-corrected chi connectivity index (χ0v) is 9.77. The molecule has 0 unspecified atom stereocenters. The predicted octanol–water partition coefficient (Wildman–Crippen LogP) is 2.35. The monoisotopic (exact) mass is 227 g/mol. The van der Waals surface area contributed by atoms with Gasteiger partial charge in [-0.25, -0.2) is 0 Å². The minimum Gasteiger partial charge on any atom is -0.321 e. The Hall–Kier alpha value is -2.23. The largest absolute Gasteiger partial charge is 0.321 e. The quantitative estimate of drug-likeness (QED) is 0.856. The smallest absolute Gasteiger partial charge is 0.276 e. The average molecular weight is 227 g/mol. The Balaban J connectivity index is 2.14. The maximum Gasteiger partial charge on any atom is 0.276 e. The molecule has 1 aromatic heterocycles. The van der Waals surface area contributed by atoms with Crippen LogP contribution in [0.25, 0.3) is 0 Å². The molecule has 0 aliphatic heterocycles. The van der Waals surface area contributed by atoms with E-state index in [1.807, 2.05) is 38.1 Å². The molecule has 1 heterocycles. The van der Waals surface area contributed by atoms with Gasteiger partial charge in [0, 0.05) is 5.69 Å². The first kappa shape index (κ1) is 11.3. The molecule has 2 rings (SSSR count). The van der Waals surface area contributed by atoms with Crippen molar-refractivity contribution in [3.8, 4) is 0 Å². The van der Waals surface area contributed by atoms with Crippen molar-refractivity contribution in [2.24, 2.45) is 0 Å². The van der Waals surface area contributed by atoms with E-state index in [-0.39, 0.29) is 5.91 Å². The van der Waals surface area contributed by atoms with Crippen molar-refractivity contribution in [3.05, 3.63) is 53.3 Å². The summed E-state index contributed by atoms with van der Waals surface area (Å²) in [5.41, 5.74) is 2.96. The normalized spacial score (nSPS) is 10.0. The highest BCUT2D eigenvalue weighted by Gasteiger charge is 2.07. The fourth-order valence-electron chi connectivity index (χ4n) is 1.44. The molecule has 0 saturated carbocycles. The van der Waals surface area contributed by atoms with Crippen LogP contribution in [0.2, 0.25) is 0 Å². The second-order valence-corrected chi connectivity index (χ2v) is 3.88. The molecule has 17 heavy (non-hydrogen) atoms. The van der Waals surface area contributed by atoms with Gasteiger partial charge >= 0.3 is 0 Å². The maximum atomic E-state index is 11.8. The van der Waals surface area contributed by atoms with Gasteiger partial charge in [0.25, 0.3) is 5.91 Å². The molecule has 0 aliphatic carbocycles. The van der Waals surface area contributed by atoms with Gasteiger partial charge in [0.2, 0.25) is 0 Å². The van der Waals surface area contributed by atoms with Crippen LogP contribution in [0.1, 0.15) is 21.7 Å². The van der Waals surface area contributed by atoms with E-state index in [9.17, 15) is 4.79 Å². The Morgan fingerprint density at radius 2 is 1.94 bits per heavy atom. The molecule has 1 aromatic carbocycles. The molecule has 0 bridgehead atoms.